The van der Waals surface area contributed by atoms with E-state index in [1.54, 1.807) is 12.1 Å². The van der Waals surface area contributed by atoms with Crippen LogP contribution >= 0.6 is 11.6 Å². The van der Waals surface area contributed by atoms with E-state index in [4.69, 9.17) is 16.1 Å². The monoisotopic (exact) mass is 332 g/mol. The van der Waals surface area contributed by atoms with E-state index in [1.165, 1.54) is 4.80 Å². The van der Waals surface area contributed by atoms with Crippen LogP contribution in [0.25, 0.3) is 11.4 Å². The minimum absolute atomic E-state index is 0.272. The van der Waals surface area contributed by atoms with Crippen LogP contribution in [0.15, 0.2) is 28.8 Å². The van der Waals surface area contributed by atoms with Gasteiger partial charge in [0.25, 0.3) is 5.89 Å². The van der Waals surface area contributed by atoms with E-state index in [9.17, 15) is 0 Å². The van der Waals surface area contributed by atoms with Crippen molar-refractivity contribution in [2.45, 2.75) is 39.2 Å². The van der Waals surface area contributed by atoms with Crippen molar-refractivity contribution in [3.8, 4) is 11.4 Å². The topological polar surface area (TPSA) is 82.5 Å². The maximum Gasteiger partial charge on any atom is 0.253 e. The fourth-order valence-corrected chi connectivity index (χ4v) is 2.20. The molecule has 3 rings (SSSR count). The van der Waals surface area contributed by atoms with Crippen LogP contribution in [0, 0.1) is 0 Å². The molecule has 0 radical (unpaired) electrons. The fraction of sp³-hybridized carbons (Fsp3) is 0.400. The summed E-state index contributed by atoms with van der Waals surface area (Å²) >= 11 is 5.88. The van der Waals surface area contributed by atoms with Gasteiger partial charge in [0.2, 0.25) is 5.82 Å². The number of aryl methyl sites for hydroxylation is 1. The second-order valence-corrected chi connectivity index (χ2v) is 5.71. The largest absolute Gasteiger partial charge is 0.337 e. The highest BCUT2D eigenvalue weighted by Crippen LogP contribution is 2.19. The van der Waals surface area contributed by atoms with Crippen LogP contribution in [0.3, 0.4) is 0 Å². The summed E-state index contributed by atoms with van der Waals surface area (Å²) in [4.78, 5) is 5.87. The van der Waals surface area contributed by atoms with Crippen molar-refractivity contribution in [1.29, 1.82) is 0 Å². The summed E-state index contributed by atoms with van der Waals surface area (Å²) in [5, 5.41) is 17.2. The maximum atomic E-state index is 5.88. The second kappa shape index (κ2) is 6.87. The summed E-state index contributed by atoms with van der Waals surface area (Å²) in [6.07, 6.45) is 2.94. The van der Waals surface area contributed by atoms with Gasteiger partial charge in [-0.15, -0.1) is 10.2 Å². The number of hydrogen-bond acceptors (Lipinski definition) is 6. The molecule has 0 amide bonds. The standard InChI is InChI=1S/C15H17ClN6O/c1-3-4-5-13-17-15(23-20-13)10(2)22-19-14(18-21-22)11-6-8-12(16)9-7-11/h6-10H,3-5H2,1-2H3/t10-/m1/s1. The molecular weight excluding hydrogens is 316 g/mol. The average molecular weight is 333 g/mol. The molecule has 2 aromatic heterocycles. The third-order valence-electron chi connectivity index (χ3n) is 3.47. The SMILES string of the molecule is CCCCc1noc([C@@H](C)n2nnc(-c3ccc(Cl)cc3)n2)n1. The molecule has 0 aliphatic heterocycles. The van der Waals surface area contributed by atoms with Crippen molar-refractivity contribution < 1.29 is 4.52 Å². The zero-order chi connectivity index (χ0) is 16.2. The Kier molecular flexibility index (Phi) is 4.66. The van der Waals surface area contributed by atoms with Gasteiger partial charge in [-0.25, -0.2) is 0 Å². The van der Waals surface area contributed by atoms with Gasteiger partial charge < -0.3 is 4.52 Å². The molecule has 2 heterocycles. The molecule has 120 valence electrons. The lowest BCUT2D eigenvalue weighted by Gasteiger charge is -2.02. The Hall–Kier alpha value is -2.28. The molecule has 8 heteroatoms. The summed E-state index contributed by atoms with van der Waals surface area (Å²) in [7, 11) is 0. The van der Waals surface area contributed by atoms with Crippen molar-refractivity contribution in [2.24, 2.45) is 0 Å². The van der Waals surface area contributed by atoms with Gasteiger partial charge in [-0.3, -0.25) is 0 Å². The molecule has 0 fully saturated rings. The van der Waals surface area contributed by atoms with Gasteiger partial charge >= 0.3 is 0 Å². The van der Waals surface area contributed by atoms with Crippen molar-refractivity contribution in [2.75, 3.05) is 0 Å². The number of benzene rings is 1. The summed E-state index contributed by atoms with van der Waals surface area (Å²) in [5.74, 6) is 1.72. The van der Waals surface area contributed by atoms with Crippen LogP contribution < -0.4 is 0 Å². The highest BCUT2D eigenvalue weighted by Gasteiger charge is 2.19. The molecule has 0 aliphatic carbocycles. The zero-order valence-electron chi connectivity index (χ0n) is 13.0. The third-order valence-corrected chi connectivity index (χ3v) is 3.72. The Labute approximate surface area is 138 Å². The predicted molar refractivity (Wildman–Crippen MR) is 85.0 cm³/mol. The first-order valence-corrected chi connectivity index (χ1v) is 7.93. The number of aromatic nitrogens is 6. The number of nitrogens with zero attached hydrogens (tertiary/aromatic N) is 6. The van der Waals surface area contributed by atoms with Crippen LogP contribution in [0.1, 0.15) is 44.4 Å². The molecule has 0 N–H and O–H groups in total. The molecule has 0 bridgehead atoms. The first-order valence-electron chi connectivity index (χ1n) is 7.55. The Balaban J connectivity index is 1.76. The van der Waals surface area contributed by atoms with Gasteiger partial charge in [0.15, 0.2) is 5.82 Å². The van der Waals surface area contributed by atoms with E-state index >= 15 is 0 Å². The minimum Gasteiger partial charge on any atom is -0.337 e. The van der Waals surface area contributed by atoms with Gasteiger partial charge in [0, 0.05) is 17.0 Å². The van der Waals surface area contributed by atoms with Crippen molar-refractivity contribution in [3.63, 3.8) is 0 Å². The molecule has 7 nitrogen and oxygen atoms in total. The first kappa shape index (κ1) is 15.6. The quantitative estimate of drug-likeness (QED) is 0.688. The van der Waals surface area contributed by atoms with E-state index in [-0.39, 0.29) is 6.04 Å². The smallest absolute Gasteiger partial charge is 0.253 e. The van der Waals surface area contributed by atoms with Gasteiger partial charge in [-0.2, -0.15) is 9.78 Å². The van der Waals surface area contributed by atoms with E-state index in [2.05, 4.69) is 32.5 Å². The van der Waals surface area contributed by atoms with Gasteiger partial charge in [0.1, 0.15) is 6.04 Å². The number of unbranched alkanes of at least 4 members (excludes halogenated alkanes) is 1. The molecule has 0 unspecified atom stereocenters. The molecule has 1 atom stereocenters. The molecule has 1 aromatic carbocycles. The Bertz CT molecular complexity index is 766. The Morgan fingerprint density at radius 1 is 1.26 bits per heavy atom. The maximum absolute atomic E-state index is 5.88. The summed E-state index contributed by atoms with van der Waals surface area (Å²) in [6.45, 7) is 4.02. The van der Waals surface area contributed by atoms with Crippen LogP contribution in [-0.4, -0.2) is 30.3 Å². The second-order valence-electron chi connectivity index (χ2n) is 5.27. The number of hydrogen-bond donors (Lipinski definition) is 0. The first-order chi connectivity index (χ1) is 11.2. The van der Waals surface area contributed by atoms with Gasteiger partial charge in [-0.05, 0) is 42.8 Å². The normalized spacial score (nSPS) is 12.5. The molecular formula is C15H17ClN6O. The van der Waals surface area contributed by atoms with E-state index in [1.807, 2.05) is 19.1 Å². The molecule has 3 aromatic rings. The van der Waals surface area contributed by atoms with Crippen molar-refractivity contribution in [1.82, 2.24) is 30.3 Å². The van der Waals surface area contributed by atoms with E-state index in [0.29, 0.717) is 22.6 Å². The highest BCUT2D eigenvalue weighted by molar-refractivity contribution is 6.30. The molecule has 0 aliphatic rings. The zero-order valence-corrected chi connectivity index (χ0v) is 13.7. The summed E-state index contributed by atoms with van der Waals surface area (Å²) < 4.78 is 5.30. The highest BCUT2D eigenvalue weighted by atomic mass is 35.5. The Morgan fingerprint density at radius 2 is 2.04 bits per heavy atom. The van der Waals surface area contributed by atoms with Gasteiger partial charge in [0.05, 0.1) is 0 Å². The van der Waals surface area contributed by atoms with Crippen molar-refractivity contribution in [3.05, 3.63) is 41.0 Å². The molecule has 0 saturated heterocycles. The lowest BCUT2D eigenvalue weighted by atomic mass is 10.2. The van der Waals surface area contributed by atoms with Crippen LogP contribution in [0.4, 0.5) is 0 Å². The van der Waals surface area contributed by atoms with Crippen LogP contribution in [0.5, 0.6) is 0 Å². The average Bonchev–Trinajstić information content (AvgIpc) is 3.22. The number of rotatable bonds is 6. The lowest BCUT2D eigenvalue weighted by molar-refractivity contribution is 0.318. The van der Waals surface area contributed by atoms with Gasteiger partial charge in [-0.1, -0.05) is 30.1 Å². The molecule has 0 spiro atoms. The van der Waals surface area contributed by atoms with E-state index < -0.39 is 0 Å². The van der Waals surface area contributed by atoms with E-state index in [0.717, 1.165) is 24.8 Å². The minimum atomic E-state index is -0.272. The number of halogens is 1. The summed E-state index contributed by atoms with van der Waals surface area (Å²) in [5.41, 5.74) is 0.849. The van der Waals surface area contributed by atoms with Crippen molar-refractivity contribution >= 4 is 11.6 Å². The number of tetrazole rings is 1. The van der Waals surface area contributed by atoms with Crippen LogP contribution in [0.2, 0.25) is 5.02 Å². The summed E-state index contributed by atoms with van der Waals surface area (Å²) in [6, 6.07) is 7.01. The predicted octanol–water partition coefficient (Wildman–Crippen LogP) is 3.33. The molecule has 23 heavy (non-hydrogen) atoms. The Morgan fingerprint density at radius 3 is 2.78 bits per heavy atom. The van der Waals surface area contributed by atoms with Crippen LogP contribution in [-0.2, 0) is 6.42 Å². The lowest BCUT2D eigenvalue weighted by Crippen LogP contribution is -2.11. The molecule has 0 saturated carbocycles. The third kappa shape index (κ3) is 3.56. The fourth-order valence-electron chi connectivity index (χ4n) is 2.08.